The number of halogens is 2. The Bertz CT molecular complexity index is 661. The molecule has 0 saturated carbocycles. The van der Waals surface area contributed by atoms with Crippen molar-refractivity contribution in [1.29, 1.82) is 0 Å². The van der Waals surface area contributed by atoms with Gasteiger partial charge in [0.2, 0.25) is 5.88 Å². The first kappa shape index (κ1) is 14.5. The van der Waals surface area contributed by atoms with Crippen LogP contribution in [0.1, 0.15) is 23.0 Å². The molecule has 0 aliphatic carbocycles. The second-order valence-corrected chi connectivity index (χ2v) is 4.88. The fourth-order valence-electron chi connectivity index (χ4n) is 1.59. The highest BCUT2D eigenvalue weighted by Gasteiger charge is 2.11. The van der Waals surface area contributed by atoms with Crippen LogP contribution >= 0.6 is 15.9 Å². The molecule has 0 aliphatic rings. The highest BCUT2D eigenvalue weighted by Crippen LogP contribution is 2.30. The van der Waals surface area contributed by atoms with Crippen LogP contribution in [-0.2, 0) is 6.42 Å². The van der Waals surface area contributed by atoms with Crippen LogP contribution in [0.25, 0.3) is 0 Å². The summed E-state index contributed by atoms with van der Waals surface area (Å²) in [6.07, 6.45) is 0.571. The molecule has 20 heavy (non-hydrogen) atoms. The summed E-state index contributed by atoms with van der Waals surface area (Å²) in [6, 6.07) is 6.78. The van der Waals surface area contributed by atoms with E-state index < -0.39 is 11.8 Å². The van der Waals surface area contributed by atoms with E-state index >= 15 is 0 Å². The van der Waals surface area contributed by atoms with Gasteiger partial charge in [0.1, 0.15) is 11.6 Å². The van der Waals surface area contributed by atoms with Crippen LogP contribution in [0.5, 0.6) is 11.6 Å². The predicted molar refractivity (Wildman–Crippen MR) is 74.7 cm³/mol. The molecule has 0 aliphatic heterocycles. The monoisotopic (exact) mass is 339 g/mol. The fraction of sp³-hybridized carbons (Fsp3) is 0.143. The molecular formula is C14H11BrFNO3. The van der Waals surface area contributed by atoms with Crippen molar-refractivity contribution >= 4 is 21.9 Å². The van der Waals surface area contributed by atoms with Crippen molar-refractivity contribution in [3.8, 4) is 11.6 Å². The third-order valence-electron chi connectivity index (χ3n) is 2.57. The van der Waals surface area contributed by atoms with Gasteiger partial charge in [-0.25, -0.2) is 14.2 Å². The first-order chi connectivity index (χ1) is 9.49. The highest BCUT2D eigenvalue weighted by molar-refractivity contribution is 9.10. The Morgan fingerprint density at radius 2 is 2.15 bits per heavy atom. The van der Waals surface area contributed by atoms with E-state index in [0.717, 1.165) is 0 Å². The number of aryl methyl sites for hydroxylation is 1. The van der Waals surface area contributed by atoms with E-state index in [4.69, 9.17) is 9.84 Å². The van der Waals surface area contributed by atoms with Crippen molar-refractivity contribution in [3.63, 3.8) is 0 Å². The molecule has 0 radical (unpaired) electrons. The van der Waals surface area contributed by atoms with Crippen molar-refractivity contribution < 1.29 is 19.0 Å². The van der Waals surface area contributed by atoms with Crippen LogP contribution in [0.4, 0.5) is 4.39 Å². The molecule has 104 valence electrons. The SMILES string of the molecule is CCc1cc(C(=O)O)cc(Oc2cc(F)ccc2Br)n1. The summed E-state index contributed by atoms with van der Waals surface area (Å²) in [4.78, 5) is 15.2. The molecule has 0 fully saturated rings. The maximum absolute atomic E-state index is 13.2. The van der Waals surface area contributed by atoms with E-state index in [2.05, 4.69) is 20.9 Å². The van der Waals surface area contributed by atoms with Gasteiger partial charge < -0.3 is 9.84 Å². The Morgan fingerprint density at radius 1 is 1.40 bits per heavy atom. The minimum absolute atomic E-state index is 0.0828. The zero-order valence-electron chi connectivity index (χ0n) is 10.6. The molecule has 1 N–H and O–H groups in total. The quantitative estimate of drug-likeness (QED) is 0.913. The van der Waals surface area contributed by atoms with Crippen LogP contribution in [0, 0.1) is 5.82 Å². The number of carbonyl (C=O) groups is 1. The average molecular weight is 340 g/mol. The summed E-state index contributed by atoms with van der Waals surface area (Å²) in [7, 11) is 0. The lowest BCUT2D eigenvalue weighted by molar-refractivity contribution is 0.0696. The van der Waals surface area contributed by atoms with E-state index in [0.29, 0.717) is 16.6 Å². The van der Waals surface area contributed by atoms with Crippen LogP contribution < -0.4 is 4.74 Å². The van der Waals surface area contributed by atoms with Gasteiger partial charge in [-0.3, -0.25) is 0 Å². The van der Waals surface area contributed by atoms with Gasteiger partial charge >= 0.3 is 5.97 Å². The number of aromatic carboxylic acids is 1. The topological polar surface area (TPSA) is 59.4 Å². The second kappa shape index (κ2) is 6.00. The first-order valence-electron chi connectivity index (χ1n) is 5.86. The van der Waals surface area contributed by atoms with Crippen LogP contribution in [0.3, 0.4) is 0 Å². The summed E-state index contributed by atoms with van der Waals surface area (Å²) < 4.78 is 19.2. The molecule has 1 aromatic heterocycles. The van der Waals surface area contributed by atoms with Crippen LogP contribution in [0.15, 0.2) is 34.8 Å². The number of hydrogen-bond acceptors (Lipinski definition) is 3. The number of aromatic nitrogens is 1. The summed E-state index contributed by atoms with van der Waals surface area (Å²) in [5.74, 6) is -1.16. The standard InChI is InChI=1S/C14H11BrFNO3/c1-2-10-5-8(14(18)19)6-13(17-10)20-12-7-9(16)3-4-11(12)15/h3-7H,2H2,1H3,(H,18,19). The van der Waals surface area contributed by atoms with Gasteiger partial charge in [-0.1, -0.05) is 6.92 Å². The number of carboxylic acid groups (broad SMARTS) is 1. The lowest BCUT2D eigenvalue weighted by Crippen LogP contribution is -2.01. The highest BCUT2D eigenvalue weighted by atomic mass is 79.9. The van der Waals surface area contributed by atoms with Crippen molar-refractivity contribution in [3.05, 3.63) is 51.9 Å². The molecule has 0 spiro atoms. The summed E-state index contributed by atoms with van der Waals surface area (Å²) in [5.41, 5.74) is 0.673. The van der Waals surface area contributed by atoms with Crippen molar-refractivity contribution in [1.82, 2.24) is 4.98 Å². The zero-order chi connectivity index (χ0) is 14.7. The van der Waals surface area contributed by atoms with Gasteiger partial charge in [0.05, 0.1) is 10.0 Å². The van der Waals surface area contributed by atoms with Gasteiger partial charge in [0.25, 0.3) is 0 Å². The van der Waals surface area contributed by atoms with Gasteiger partial charge in [0, 0.05) is 17.8 Å². The molecule has 1 heterocycles. The Labute approximate surface area is 123 Å². The lowest BCUT2D eigenvalue weighted by Gasteiger charge is -2.09. The van der Waals surface area contributed by atoms with E-state index in [1.165, 1.54) is 30.3 Å². The van der Waals surface area contributed by atoms with Crippen molar-refractivity contribution in [2.45, 2.75) is 13.3 Å². The number of pyridine rings is 1. The molecule has 2 rings (SSSR count). The Morgan fingerprint density at radius 3 is 2.80 bits per heavy atom. The van der Waals surface area contributed by atoms with Crippen molar-refractivity contribution in [2.24, 2.45) is 0 Å². The third kappa shape index (κ3) is 3.33. The van der Waals surface area contributed by atoms with E-state index in [1.54, 1.807) is 0 Å². The number of rotatable bonds is 4. The fourth-order valence-corrected chi connectivity index (χ4v) is 1.91. The molecule has 1 aromatic carbocycles. The molecule has 2 aromatic rings. The average Bonchev–Trinajstić information content (AvgIpc) is 2.42. The van der Waals surface area contributed by atoms with Crippen LogP contribution in [0.2, 0.25) is 0 Å². The Hall–Kier alpha value is -1.95. The van der Waals surface area contributed by atoms with E-state index in [9.17, 15) is 9.18 Å². The predicted octanol–water partition coefficient (Wildman–Crippen LogP) is 4.04. The molecule has 0 atom stereocenters. The summed E-state index contributed by atoms with van der Waals surface area (Å²) >= 11 is 3.24. The van der Waals surface area contributed by atoms with Gasteiger partial charge in [-0.2, -0.15) is 0 Å². The van der Waals surface area contributed by atoms with Crippen LogP contribution in [-0.4, -0.2) is 16.1 Å². The minimum Gasteiger partial charge on any atom is -0.478 e. The van der Waals surface area contributed by atoms with Gasteiger partial charge in [0.15, 0.2) is 0 Å². The molecule has 0 bridgehead atoms. The number of hydrogen-bond donors (Lipinski definition) is 1. The van der Waals surface area contributed by atoms with Crippen molar-refractivity contribution in [2.75, 3.05) is 0 Å². The molecule has 0 saturated heterocycles. The number of carboxylic acids is 1. The Kier molecular flexibility index (Phi) is 4.34. The number of ether oxygens (including phenoxy) is 1. The maximum atomic E-state index is 13.2. The zero-order valence-corrected chi connectivity index (χ0v) is 12.1. The minimum atomic E-state index is -1.06. The maximum Gasteiger partial charge on any atom is 0.335 e. The Balaban J connectivity index is 2.39. The molecule has 4 nitrogen and oxygen atoms in total. The van der Waals surface area contributed by atoms with E-state index in [-0.39, 0.29) is 17.2 Å². The lowest BCUT2D eigenvalue weighted by atomic mass is 10.2. The smallest absolute Gasteiger partial charge is 0.335 e. The summed E-state index contributed by atoms with van der Waals surface area (Å²) in [5, 5.41) is 9.04. The molecular weight excluding hydrogens is 329 g/mol. The largest absolute Gasteiger partial charge is 0.478 e. The number of benzene rings is 1. The summed E-state index contributed by atoms with van der Waals surface area (Å²) in [6.45, 7) is 1.86. The molecule has 0 unspecified atom stereocenters. The normalized spacial score (nSPS) is 10.3. The molecule has 6 heteroatoms. The van der Waals surface area contributed by atoms with E-state index in [1.807, 2.05) is 6.92 Å². The first-order valence-corrected chi connectivity index (χ1v) is 6.66. The molecule has 0 amide bonds. The third-order valence-corrected chi connectivity index (χ3v) is 3.23. The number of nitrogens with zero attached hydrogens (tertiary/aromatic N) is 1. The second-order valence-electron chi connectivity index (χ2n) is 4.02. The van der Waals surface area contributed by atoms with Gasteiger partial charge in [-0.05, 0) is 40.5 Å². The van der Waals surface area contributed by atoms with Gasteiger partial charge in [-0.15, -0.1) is 0 Å².